The van der Waals surface area contributed by atoms with Gasteiger partial charge in [-0.1, -0.05) is 12.1 Å². The summed E-state index contributed by atoms with van der Waals surface area (Å²) in [4.78, 5) is 27.8. The van der Waals surface area contributed by atoms with Gasteiger partial charge in [-0.3, -0.25) is 14.5 Å². The highest BCUT2D eigenvalue weighted by Crippen LogP contribution is 2.43. The molecule has 1 aromatic rings. The zero-order valence-electron chi connectivity index (χ0n) is 15.0. The minimum atomic E-state index is -3.20. The van der Waals surface area contributed by atoms with Gasteiger partial charge in [-0.25, -0.2) is 8.42 Å². The highest BCUT2D eigenvalue weighted by Gasteiger charge is 2.55. The van der Waals surface area contributed by atoms with Gasteiger partial charge in [-0.2, -0.15) is 0 Å². The van der Waals surface area contributed by atoms with E-state index >= 15 is 0 Å². The number of benzene rings is 1. The summed E-state index contributed by atoms with van der Waals surface area (Å²) in [5.41, 5.74) is 0.429. The summed E-state index contributed by atoms with van der Waals surface area (Å²) in [7, 11) is -1.49. The Morgan fingerprint density at radius 1 is 1.23 bits per heavy atom. The molecule has 1 unspecified atom stereocenters. The molecular formula is C18H24N2O5S. The van der Waals surface area contributed by atoms with Crippen LogP contribution < -0.4 is 0 Å². The highest BCUT2D eigenvalue weighted by atomic mass is 32.2. The van der Waals surface area contributed by atoms with Gasteiger partial charge in [0, 0.05) is 39.4 Å². The fourth-order valence-corrected chi connectivity index (χ4v) is 4.81. The van der Waals surface area contributed by atoms with E-state index in [1.165, 1.54) is 6.26 Å². The summed E-state index contributed by atoms with van der Waals surface area (Å²) >= 11 is 0. The maximum absolute atomic E-state index is 12.0. The van der Waals surface area contributed by atoms with E-state index in [4.69, 9.17) is 0 Å². The van der Waals surface area contributed by atoms with Crippen molar-refractivity contribution >= 4 is 21.7 Å². The SMILES string of the molecule is CN1C(=O)CC(C(=O)O)C12CCN(Cc1ccc(S(C)(=O)=O)cc1)CC2. The van der Waals surface area contributed by atoms with Crippen LogP contribution in [0.25, 0.3) is 0 Å². The molecule has 1 spiro atoms. The lowest BCUT2D eigenvalue weighted by atomic mass is 9.77. The van der Waals surface area contributed by atoms with Crippen LogP contribution >= 0.6 is 0 Å². The number of nitrogens with zero attached hydrogens (tertiary/aromatic N) is 2. The fourth-order valence-electron chi connectivity index (χ4n) is 4.18. The van der Waals surface area contributed by atoms with Gasteiger partial charge in [0.05, 0.1) is 16.4 Å². The van der Waals surface area contributed by atoms with E-state index in [2.05, 4.69) is 4.90 Å². The first-order valence-corrected chi connectivity index (χ1v) is 10.5. The second-order valence-electron chi connectivity index (χ2n) is 7.34. The molecule has 2 aliphatic heterocycles. The van der Waals surface area contributed by atoms with Crippen LogP contribution in [-0.4, -0.2) is 67.1 Å². The average Bonchev–Trinajstić information content (AvgIpc) is 2.82. The largest absolute Gasteiger partial charge is 0.481 e. The maximum atomic E-state index is 12.0. The standard InChI is InChI=1S/C18H24N2O5S/c1-19-16(21)11-15(17(22)23)18(19)7-9-20(10-8-18)12-13-3-5-14(6-4-13)26(2,24)25/h3-6,15H,7-12H2,1-2H3,(H,22,23). The van der Waals surface area contributed by atoms with Gasteiger partial charge in [0.1, 0.15) is 0 Å². The van der Waals surface area contributed by atoms with Crippen LogP contribution in [0.1, 0.15) is 24.8 Å². The third kappa shape index (κ3) is 3.35. The minimum absolute atomic E-state index is 0.0821. The van der Waals surface area contributed by atoms with E-state index in [1.807, 2.05) is 12.1 Å². The van der Waals surface area contributed by atoms with Crippen LogP contribution in [0, 0.1) is 5.92 Å². The molecular weight excluding hydrogens is 356 g/mol. The average molecular weight is 380 g/mol. The van der Waals surface area contributed by atoms with Gasteiger partial charge in [0.15, 0.2) is 9.84 Å². The number of sulfone groups is 1. The minimum Gasteiger partial charge on any atom is -0.481 e. The molecule has 26 heavy (non-hydrogen) atoms. The number of aliphatic carboxylic acids is 1. The number of carbonyl (C=O) groups excluding carboxylic acids is 1. The molecule has 2 heterocycles. The Labute approximate surface area is 153 Å². The smallest absolute Gasteiger partial charge is 0.309 e. The molecule has 0 saturated carbocycles. The van der Waals surface area contributed by atoms with Crippen LogP contribution in [0.2, 0.25) is 0 Å². The van der Waals surface area contributed by atoms with Crippen molar-refractivity contribution in [2.45, 2.75) is 36.2 Å². The molecule has 1 amide bonds. The predicted octanol–water partition coefficient (Wildman–Crippen LogP) is 0.988. The number of carboxylic acid groups (broad SMARTS) is 1. The second kappa shape index (κ2) is 6.66. The summed E-state index contributed by atoms with van der Waals surface area (Å²) in [6.07, 6.45) is 2.53. The van der Waals surface area contributed by atoms with E-state index in [1.54, 1.807) is 24.1 Å². The third-order valence-corrected chi connectivity index (χ3v) is 6.98. The number of carbonyl (C=O) groups is 2. The van der Waals surface area contributed by atoms with Crippen LogP contribution in [-0.2, 0) is 26.0 Å². The Hall–Kier alpha value is -1.93. The number of carboxylic acids is 1. The molecule has 7 nitrogen and oxygen atoms in total. The first kappa shape index (κ1) is 18.8. The molecule has 0 aromatic heterocycles. The third-order valence-electron chi connectivity index (χ3n) is 5.85. The summed E-state index contributed by atoms with van der Waals surface area (Å²) in [6.45, 7) is 2.08. The van der Waals surface area contributed by atoms with Crippen molar-refractivity contribution in [3.05, 3.63) is 29.8 Å². The van der Waals surface area contributed by atoms with Gasteiger partial charge in [-0.15, -0.1) is 0 Å². The lowest BCUT2D eigenvalue weighted by Crippen LogP contribution is -2.55. The van der Waals surface area contributed by atoms with Crippen molar-refractivity contribution in [2.24, 2.45) is 5.92 Å². The van der Waals surface area contributed by atoms with E-state index in [0.717, 1.165) is 5.56 Å². The number of hydrogen-bond acceptors (Lipinski definition) is 5. The van der Waals surface area contributed by atoms with Crippen molar-refractivity contribution in [2.75, 3.05) is 26.4 Å². The predicted molar refractivity (Wildman–Crippen MR) is 95.3 cm³/mol. The molecule has 2 saturated heterocycles. The highest BCUT2D eigenvalue weighted by molar-refractivity contribution is 7.90. The molecule has 8 heteroatoms. The van der Waals surface area contributed by atoms with E-state index in [9.17, 15) is 23.1 Å². The Kier molecular flexibility index (Phi) is 4.83. The zero-order valence-corrected chi connectivity index (χ0v) is 15.8. The van der Waals surface area contributed by atoms with E-state index < -0.39 is 27.3 Å². The van der Waals surface area contributed by atoms with E-state index in [-0.39, 0.29) is 12.3 Å². The Morgan fingerprint density at radius 3 is 2.31 bits per heavy atom. The van der Waals surface area contributed by atoms with Crippen LogP contribution in [0.15, 0.2) is 29.2 Å². The van der Waals surface area contributed by atoms with Crippen LogP contribution in [0.5, 0.6) is 0 Å². The number of piperidine rings is 1. The van der Waals surface area contributed by atoms with Gasteiger partial charge in [0.25, 0.3) is 0 Å². The second-order valence-corrected chi connectivity index (χ2v) is 9.36. The van der Waals surface area contributed by atoms with E-state index in [0.29, 0.717) is 37.4 Å². The molecule has 0 aliphatic carbocycles. The van der Waals surface area contributed by atoms with Gasteiger partial charge in [-0.05, 0) is 30.5 Å². The van der Waals surface area contributed by atoms with Gasteiger partial charge in [0.2, 0.25) is 5.91 Å². The first-order valence-electron chi connectivity index (χ1n) is 8.64. The molecule has 142 valence electrons. The molecule has 1 aromatic carbocycles. The maximum Gasteiger partial charge on any atom is 0.309 e. The molecule has 1 atom stereocenters. The number of rotatable bonds is 4. The summed E-state index contributed by atoms with van der Waals surface area (Å²) in [5.74, 6) is -1.63. The van der Waals surface area contributed by atoms with Crippen molar-refractivity contribution in [1.29, 1.82) is 0 Å². The quantitative estimate of drug-likeness (QED) is 0.837. The van der Waals surface area contributed by atoms with Gasteiger partial charge >= 0.3 is 5.97 Å². The molecule has 2 aliphatic rings. The van der Waals surface area contributed by atoms with Gasteiger partial charge < -0.3 is 10.0 Å². The molecule has 1 N–H and O–H groups in total. The lowest BCUT2D eigenvalue weighted by molar-refractivity contribution is -0.146. The summed E-state index contributed by atoms with van der Waals surface area (Å²) in [5, 5.41) is 9.52. The molecule has 2 fully saturated rings. The zero-order chi connectivity index (χ0) is 19.1. The van der Waals surface area contributed by atoms with Crippen LogP contribution in [0.4, 0.5) is 0 Å². The fraction of sp³-hybridized carbons (Fsp3) is 0.556. The molecule has 3 rings (SSSR count). The van der Waals surface area contributed by atoms with Crippen molar-refractivity contribution in [3.8, 4) is 0 Å². The normalized spacial score (nSPS) is 23.5. The van der Waals surface area contributed by atoms with Crippen LogP contribution in [0.3, 0.4) is 0 Å². The lowest BCUT2D eigenvalue weighted by Gasteiger charge is -2.45. The van der Waals surface area contributed by atoms with Crippen molar-refractivity contribution in [3.63, 3.8) is 0 Å². The monoisotopic (exact) mass is 380 g/mol. The molecule has 0 radical (unpaired) electrons. The number of likely N-dealkylation sites (tertiary alicyclic amines) is 2. The summed E-state index contributed by atoms with van der Waals surface area (Å²) in [6, 6.07) is 6.85. The summed E-state index contributed by atoms with van der Waals surface area (Å²) < 4.78 is 23.1. The topological polar surface area (TPSA) is 95.0 Å². The first-order chi connectivity index (χ1) is 12.1. The number of amides is 1. The van der Waals surface area contributed by atoms with Crippen molar-refractivity contribution in [1.82, 2.24) is 9.80 Å². The van der Waals surface area contributed by atoms with Crippen molar-refractivity contribution < 1.29 is 23.1 Å². The Balaban J connectivity index is 1.67. The molecule has 0 bridgehead atoms. The Bertz CT molecular complexity index is 810. The Morgan fingerprint density at radius 2 is 1.81 bits per heavy atom. The number of hydrogen-bond donors (Lipinski definition) is 1.